The molecule has 1 aromatic carbocycles. The smallest absolute Gasteiger partial charge is 0.0826 e. The maximum Gasteiger partial charge on any atom is 0.0826 e. The van der Waals surface area contributed by atoms with Crippen LogP contribution >= 0.6 is 0 Å². The van der Waals surface area contributed by atoms with Gasteiger partial charge in [0.25, 0.3) is 0 Å². The minimum absolute atomic E-state index is 0.207. The van der Waals surface area contributed by atoms with E-state index >= 15 is 0 Å². The molecule has 0 spiro atoms. The summed E-state index contributed by atoms with van der Waals surface area (Å²) < 4.78 is 0. The number of benzene rings is 1. The van der Waals surface area contributed by atoms with Gasteiger partial charge in [0.2, 0.25) is 0 Å². The average molecular weight is 202 g/mol. The van der Waals surface area contributed by atoms with E-state index in [9.17, 15) is 5.11 Å². The van der Waals surface area contributed by atoms with E-state index in [1.165, 1.54) is 24.8 Å². The monoisotopic (exact) mass is 202 g/mol. The van der Waals surface area contributed by atoms with Gasteiger partial charge in [0, 0.05) is 0 Å². The second-order valence-corrected chi connectivity index (χ2v) is 5.14. The van der Waals surface area contributed by atoms with Crippen molar-refractivity contribution < 1.29 is 5.11 Å². The molecule has 0 heterocycles. The van der Waals surface area contributed by atoms with Crippen LogP contribution in [-0.4, -0.2) is 5.11 Å². The maximum atomic E-state index is 10.3. The molecule has 1 N–H and O–H groups in total. The largest absolute Gasteiger partial charge is 0.388 e. The fourth-order valence-electron chi connectivity index (χ4n) is 3.47. The van der Waals surface area contributed by atoms with Crippen molar-refractivity contribution in [3.05, 3.63) is 35.4 Å². The second kappa shape index (κ2) is 3.34. The highest BCUT2D eigenvalue weighted by atomic mass is 16.3. The van der Waals surface area contributed by atoms with Crippen molar-refractivity contribution in [2.45, 2.75) is 32.3 Å². The van der Waals surface area contributed by atoms with Crippen molar-refractivity contribution in [1.29, 1.82) is 0 Å². The quantitative estimate of drug-likeness (QED) is 0.781. The van der Waals surface area contributed by atoms with Crippen molar-refractivity contribution in [3.63, 3.8) is 0 Å². The Morgan fingerprint density at radius 1 is 1.20 bits per heavy atom. The molecule has 1 heteroatoms. The molecule has 1 nitrogen and oxygen atoms in total. The van der Waals surface area contributed by atoms with Crippen molar-refractivity contribution in [2.24, 2.45) is 17.8 Å². The Labute approximate surface area is 91.1 Å². The average Bonchev–Trinajstić information content (AvgIpc) is 2.72. The lowest BCUT2D eigenvalue weighted by Gasteiger charge is -2.15. The van der Waals surface area contributed by atoms with Crippen molar-refractivity contribution in [3.8, 4) is 0 Å². The molecule has 2 saturated carbocycles. The fraction of sp³-hybridized carbons (Fsp3) is 0.571. The molecule has 0 saturated heterocycles. The SMILES string of the molecule is Cc1ccccc1C(O)C1C2CCCC21. The number of hydrogen-bond donors (Lipinski definition) is 1. The van der Waals surface area contributed by atoms with Crippen LogP contribution in [0.4, 0.5) is 0 Å². The molecule has 15 heavy (non-hydrogen) atoms. The van der Waals surface area contributed by atoms with Gasteiger partial charge in [0.1, 0.15) is 0 Å². The Balaban J connectivity index is 1.81. The van der Waals surface area contributed by atoms with Crippen LogP contribution in [0.3, 0.4) is 0 Å². The highest BCUT2D eigenvalue weighted by molar-refractivity contribution is 5.30. The zero-order valence-corrected chi connectivity index (χ0v) is 9.19. The molecule has 2 aliphatic carbocycles. The third kappa shape index (κ3) is 1.41. The number of aliphatic hydroxyl groups excluding tert-OH is 1. The Kier molecular flexibility index (Phi) is 2.10. The fourth-order valence-corrected chi connectivity index (χ4v) is 3.47. The first-order chi connectivity index (χ1) is 7.29. The van der Waals surface area contributed by atoms with Crippen LogP contribution in [0.25, 0.3) is 0 Å². The van der Waals surface area contributed by atoms with E-state index in [0.717, 1.165) is 17.4 Å². The van der Waals surface area contributed by atoms with Crippen LogP contribution in [0.5, 0.6) is 0 Å². The van der Waals surface area contributed by atoms with Crippen LogP contribution < -0.4 is 0 Å². The first kappa shape index (κ1) is 9.41. The van der Waals surface area contributed by atoms with Gasteiger partial charge in [-0.1, -0.05) is 30.7 Å². The zero-order valence-electron chi connectivity index (χ0n) is 9.19. The van der Waals surface area contributed by atoms with Gasteiger partial charge in [-0.3, -0.25) is 0 Å². The standard InChI is InChI=1S/C14H18O/c1-9-5-2-3-6-10(9)14(15)13-11-7-4-8-12(11)13/h2-3,5-6,11-15H,4,7-8H2,1H3. The highest BCUT2D eigenvalue weighted by Gasteiger charge is 2.55. The number of aliphatic hydroxyl groups is 1. The molecule has 0 bridgehead atoms. The molecule has 3 atom stereocenters. The minimum Gasteiger partial charge on any atom is -0.388 e. The molecule has 80 valence electrons. The maximum absolute atomic E-state index is 10.3. The summed E-state index contributed by atoms with van der Waals surface area (Å²) in [6.45, 7) is 2.09. The van der Waals surface area contributed by atoms with Crippen LogP contribution in [0, 0.1) is 24.7 Å². The van der Waals surface area contributed by atoms with E-state index in [-0.39, 0.29) is 6.10 Å². The number of fused-ring (bicyclic) bond motifs is 1. The molecule has 0 aliphatic heterocycles. The van der Waals surface area contributed by atoms with Crippen molar-refractivity contribution in [2.75, 3.05) is 0 Å². The molecule has 3 unspecified atom stereocenters. The summed E-state index contributed by atoms with van der Waals surface area (Å²) >= 11 is 0. The zero-order chi connectivity index (χ0) is 10.4. The molecular formula is C14H18O. The lowest BCUT2D eigenvalue weighted by atomic mass is 9.96. The predicted molar refractivity (Wildman–Crippen MR) is 60.5 cm³/mol. The van der Waals surface area contributed by atoms with E-state index in [1.807, 2.05) is 12.1 Å². The van der Waals surface area contributed by atoms with E-state index in [2.05, 4.69) is 19.1 Å². The lowest BCUT2D eigenvalue weighted by molar-refractivity contribution is 0.136. The van der Waals surface area contributed by atoms with E-state index < -0.39 is 0 Å². The number of rotatable bonds is 2. The topological polar surface area (TPSA) is 20.2 Å². The van der Waals surface area contributed by atoms with E-state index in [4.69, 9.17) is 0 Å². The summed E-state index contributed by atoms with van der Waals surface area (Å²) in [5.41, 5.74) is 2.38. The van der Waals surface area contributed by atoms with Crippen molar-refractivity contribution in [1.82, 2.24) is 0 Å². The summed E-state index contributed by atoms with van der Waals surface area (Å²) in [6.07, 6.45) is 3.87. The van der Waals surface area contributed by atoms with E-state index in [0.29, 0.717) is 5.92 Å². The van der Waals surface area contributed by atoms with Gasteiger partial charge in [-0.2, -0.15) is 0 Å². The molecule has 2 aliphatic rings. The van der Waals surface area contributed by atoms with Crippen LogP contribution in [-0.2, 0) is 0 Å². The minimum atomic E-state index is -0.207. The van der Waals surface area contributed by atoms with Crippen LogP contribution in [0.15, 0.2) is 24.3 Å². The normalized spacial score (nSPS) is 34.9. The van der Waals surface area contributed by atoms with Crippen molar-refractivity contribution >= 4 is 0 Å². The van der Waals surface area contributed by atoms with Gasteiger partial charge in [-0.15, -0.1) is 0 Å². The van der Waals surface area contributed by atoms with Crippen LogP contribution in [0.2, 0.25) is 0 Å². The summed E-state index contributed by atoms with van der Waals surface area (Å²) in [5.74, 6) is 2.24. The molecule has 2 fully saturated rings. The third-order valence-corrected chi connectivity index (χ3v) is 4.34. The predicted octanol–water partition coefficient (Wildman–Crippen LogP) is 3.07. The molecule has 3 rings (SSSR count). The molecule has 1 aromatic rings. The van der Waals surface area contributed by atoms with Gasteiger partial charge in [-0.05, 0) is 48.6 Å². The molecular weight excluding hydrogens is 184 g/mol. The van der Waals surface area contributed by atoms with E-state index in [1.54, 1.807) is 0 Å². The third-order valence-electron chi connectivity index (χ3n) is 4.34. The Bertz CT molecular complexity index is 361. The summed E-state index contributed by atoms with van der Waals surface area (Å²) in [4.78, 5) is 0. The van der Waals surface area contributed by atoms with Crippen LogP contribution in [0.1, 0.15) is 36.5 Å². The molecule has 0 amide bonds. The lowest BCUT2D eigenvalue weighted by Crippen LogP contribution is -2.05. The van der Waals surface area contributed by atoms with Gasteiger partial charge in [0.15, 0.2) is 0 Å². The summed E-state index contributed by atoms with van der Waals surface area (Å²) in [5, 5.41) is 10.3. The molecule has 0 radical (unpaired) electrons. The summed E-state index contributed by atoms with van der Waals surface area (Å²) in [7, 11) is 0. The summed E-state index contributed by atoms with van der Waals surface area (Å²) in [6, 6.07) is 8.24. The number of hydrogen-bond acceptors (Lipinski definition) is 1. The Morgan fingerprint density at radius 3 is 2.53 bits per heavy atom. The number of aryl methyl sites for hydroxylation is 1. The Hall–Kier alpha value is -0.820. The highest BCUT2D eigenvalue weighted by Crippen LogP contribution is 2.62. The van der Waals surface area contributed by atoms with Gasteiger partial charge >= 0.3 is 0 Å². The van der Waals surface area contributed by atoms with Gasteiger partial charge in [-0.25, -0.2) is 0 Å². The first-order valence-corrected chi connectivity index (χ1v) is 6.02. The van der Waals surface area contributed by atoms with Gasteiger partial charge in [0.05, 0.1) is 6.10 Å². The Morgan fingerprint density at radius 2 is 1.87 bits per heavy atom. The second-order valence-electron chi connectivity index (χ2n) is 5.14. The van der Waals surface area contributed by atoms with Gasteiger partial charge < -0.3 is 5.11 Å². The first-order valence-electron chi connectivity index (χ1n) is 6.02. The molecule has 0 aromatic heterocycles.